The van der Waals surface area contributed by atoms with Gasteiger partial charge in [0.05, 0.1) is 0 Å². The highest BCUT2D eigenvalue weighted by Gasteiger charge is 2.18. The predicted octanol–water partition coefficient (Wildman–Crippen LogP) is 20.9. The van der Waals surface area contributed by atoms with Crippen molar-refractivity contribution in [3.63, 3.8) is 0 Å². The van der Waals surface area contributed by atoms with Gasteiger partial charge in [0, 0.05) is 51.2 Å². The van der Waals surface area contributed by atoms with Crippen LogP contribution in [0.5, 0.6) is 0 Å². The van der Waals surface area contributed by atoms with Gasteiger partial charge in [-0.1, -0.05) is 157 Å². The Kier molecular flexibility index (Phi) is 16.2. The summed E-state index contributed by atoms with van der Waals surface area (Å²) < 4.78 is 0. The fourth-order valence-corrected chi connectivity index (χ4v) is 9.98. The van der Waals surface area contributed by atoms with Crippen LogP contribution >= 0.6 is 0 Å². The first-order valence-corrected chi connectivity index (χ1v) is 26.7. The lowest BCUT2D eigenvalue weighted by atomic mass is 9.93. The van der Waals surface area contributed by atoms with Crippen LogP contribution < -0.4 is 14.7 Å². The Bertz CT molecular complexity index is 3140. The van der Waals surface area contributed by atoms with Crippen LogP contribution in [0.25, 0.3) is 33.4 Å². The lowest BCUT2D eigenvalue weighted by Gasteiger charge is -2.26. The maximum atomic E-state index is 2.37. The molecule has 0 amide bonds. The van der Waals surface area contributed by atoms with Crippen LogP contribution in [0, 0.1) is 6.92 Å². The Balaban J connectivity index is 0.00000689. The first kappa shape index (κ1) is 51.5. The summed E-state index contributed by atoms with van der Waals surface area (Å²) in [5.74, 6) is 0. The van der Waals surface area contributed by atoms with Crippen LogP contribution in [0.1, 0.15) is 75.4 Å². The Labute approximate surface area is 448 Å². The standard InChI is InChI=1S/C71H67N3.CH4/c1-7-52-14-32-64(33-15-52)72(63-30-12-51(6)13-31-63)69-42-24-57(25-43-69)60-48-61(58-26-44-70(45-27-58)73(65-34-16-53(8-2)17-35-65)66-36-18-54(9-3)19-37-66)50-62(49-60)59-28-46-71(47-29-59)74(67-38-20-55(10-4)21-39-67)68-40-22-56(11-5)23-41-68;/h12-50H,7-11H2,1-6H3;1H4. The second-order valence-corrected chi connectivity index (χ2v) is 19.4. The topological polar surface area (TPSA) is 9.72 Å². The average Bonchev–Trinajstić information content (AvgIpc) is 3.47. The van der Waals surface area contributed by atoms with Crippen molar-refractivity contribution in [2.45, 2.75) is 81.1 Å². The molecule has 75 heavy (non-hydrogen) atoms. The van der Waals surface area contributed by atoms with E-state index in [2.05, 4.69) is 293 Å². The Morgan fingerprint density at radius 3 is 0.547 bits per heavy atom. The van der Waals surface area contributed by atoms with E-state index in [1.807, 2.05) is 0 Å². The SMILES string of the molecule is C.CCc1ccc(N(c2ccc(C)cc2)c2ccc(-c3cc(-c4ccc(N(c5ccc(CC)cc5)c5ccc(CC)cc5)cc4)cc(-c4ccc(N(c5ccc(CC)cc5)c5ccc(CC)cc5)cc4)c3)cc2)cc1. The summed E-state index contributed by atoms with van der Waals surface area (Å²) in [7, 11) is 0. The summed E-state index contributed by atoms with van der Waals surface area (Å²) in [4.78, 5) is 7.09. The van der Waals surface area contributed by atoms with E-state index in [1.165, 1.54) is 33.4 Å². The summed E-state index contributed by atoms with van der Waals surface area (Å²) in [6, 6.07) is 88.1. The molecule has 374 valence electrons. The molecule has 0 aromatic heterocycles. The molecule has 0 unspecified atom stereocenters. The molecule has 0 saturated carbocycles. The Hall–Kier alpha value is -8.40. The van der Waals surface area contributed by atoms with Gasteiger partial charge in [0.2, 0.25) is 0 Å². The van der Waals surface area contributed by atoms with Gasteiger partial charge in [0.25, 0.3) is 0 Å². The molecule has 0 N–H and O–H groups in total. The molecule has 3 nitrogen and oxygen atoms in total. The third-order valence-corrected chi connectivity index (χ3v) is 14.6. The van der Waals surface area contributed by atoms with E-state index in [9.17, 15) is 0 Å². The van der Waals surface area contributed by atoms with Crippen molar-refractivity contribution in [3.8, 4) is 33.4 Å². The zero-order chi connectivity index (χ0) is 51.0. The maximum Gasteiger partial charge on any atom is 0.0462 e. The predicted molar refractivity (Wildman–Crippen MR) is 325 cm³/mol. The van der Waals surface area contributed by atoms with Crippen LogP contribution in [0.4, 0.5) is 51.2 Å². The zero-order valence-corrected chi connectivity index (χ0v) is 43.9. The van der Waals surface area contributed by atoms with Crippen molar-refractivity contribution in [2.24, 2.45) is 0 Å². The molecule has 10 aromatic rings. The van der Waals surface area contributed by atoms with Gasteiger partial charge in [0.15, 0.2) is 0 Å². The Morgan fingerprint density at radius 2 is 0.373 bits per heavy atom. The smallest absolute Gasteiger partial charge is 0.0462 e. The van der Waals surface area contributed by atoms with Crippen molar-refractivity contribution >= 4 is 51.2 Å². The first-order valence-electron chi connectivity index (χ1n) is 26.7. The van der Waals surface area contributed by atoms with E-state index in [-0.39, 0.29) is 7.43 Å². The van der Waals surface area contributed by atoms with Gasteiger partial charge >= 0.3 is 0 Å². The van der Waals surface area contributed by atoms with Gasteiger partial charge in [-0.2, -0.15) is 0 Å². The quantitative estimate of drug-likeness (QED) is 0.0900. The number of anilines is 9. The average molecular weight is 978 g/mol. The summed E-state index contributed by atoms with van der Waals surface area (Å²) in [5, 5.41) is 0. The molecule has 10 rings (SSSR count). The van der Waals surface area contributed by atoms with Crippen molar-refractivity contribution < 1.29 is 0 Å². The van der Waals surface area contributed by atoms with Crippen LogP contribution in [0.15, 0.2) is 237 Å². The third-order valence-electron chi connectivity index (χ3n) is 14.6. The highest BCUT2D eigenvalue weighted by Crippen LogP contribution is 2.42. The molecule has 10 aromatic carbocycles. The molecule has 0 aliphatic carbocycles. The summed E-state index contributed by atoms with van der Waals surface area (Å²) in [6.45, 7) is 13.2. The van der Waals surface area contributed by atoms with Gasteiger partial charge in [-0.25, -0.2) is 0 Å². The Morgan fingerprint density at radius 1 is 0.213 bits per heavy atom. The van der Waals surface area contributed by atoms with Gasteiger partial charge < -0.3 is 14.7 Å². The zero-order valence-electron chi connectivity index (χ0n) is 43.9. The minimum atomic E-state index is 0. The van der Waals surface area contributed by atoms with Gasteiger partial charge in [-0.05, 0) is 228 Å². The normalized spacial score (nSPS) is 11.0. The molecule has 0 atom stereocenters. The van der Waals surface area contributed by atoms with E-state index in [4.69, 9.17) is 0 Å². The van der Waals surface area contributed by atoms with Gasteiger partial charge in [0.1, 0.15) is 0 Å². The van der Waals surface area contributed by atoms with Gasteiger partial charge in [-0.15, -0.1) is 0 Å². The summed E-state index contributed by atoms with van der Waals surface area (Å²) >= 11 is 0. The van der Waals surface area contributed by atoms with Crippen LogP contribution in [0.2, 0.25) is 0 Å². The van der Waals surface area contributed by atoms with E-state index in [0.717, 1.165) is 117 Å². The van der Waals surface area contributed by atoms with Crippen LogP contribution in [-0.4, -0.2) is 0 Å². The minimum absolute atomic E-state index is 0. The molecule has 0 fully saturated rings. The molecule has 0 aliphatic heterocycles. The lowest BCUT2D eigenvalue weighted by molar-refractivity contribution is 1.13. The monoisotopic (exact) mass is 978 g/mol. The first-order chi connectivity index (χ1) is 36.3. The lowest BCUT2D eigenvalue weighted by Crippen LogP contribution is -2.10. The number of aryl methyl sites for hydroxylation is 6. The summed E-state index contributed by atoms with van der Waals surface area (Å²) in [6.07, 6.45) is 5.04. The van der Waals surface area contributed by atoms with Crippen molar-refractivity contribution in [1.82, 2.24) is 0 Å². The highest BCUT2D eigenvalue weighted by molar-refractivity contribution is 5.86. The molecule has 0 saturated heterocycles. The molecule has 0 bridgehead atoms. The molecule has 0 spiro atoms. The van der Waals surface area contributed by atoms with Crippen molar-refractivity contribution in [2.75, 3.05) is 14.7 Å². The highest BCUT2D eigenvalue weighted by atomic mass is 15.2. The number of rotatable bonds is 17. The van der Waals surface area contributed by atoms with Crippen LogP contribution in [0.3, 0.4) is 0 Å². The second kappa shape index (κ2) is 23.6. The van der Waals surface area contributed by atoms with E-state index in [0.29, 0.717) is 0 Å². The molecule has 0 radical (unpaired) electrons. The number of hydrogen-bond donors (Lipinski definition) is 0. The fraction of sp³-hybridized carbons (Fsp3) is 0.167. The number of hydrogen-bond acceptors (Lipinski definition) is 3. The van der Waals surface area contributed by atoms with Crippen LogP contribution in [-0.2, 0) is 32.1 Å². The molecule has 3 heteroatoms. The summed E-state index contributed by atoms with van der Waals surface area (Å²) in [5.41, 5.74) is 25.0. The maximum absolute atomic E-state index is 2.37. The third kappa shape index (κ3) is 11.5. The minimum Gasteiger partial charge on any atom is -0.311 e. The molecule has 0 heterocycles. The van der Waals surface area contributed by atoms with Crippen molar-refractivity contribution in [1.29, 1.82) is 0 Å². The number of benzene rings is 10. The van der Waals surface area contributed by atoms with Crippen molar-refractivity contribution in [3.05, 3.63) is 270 Å². The fourth-order valence-electron chi connectivity index (χ4n) is 9.98. The molecule has 0 aliphatic rings. The molecular weight excluding hydrogens is 907 g/mol. The van der Waals surface area contributed by atoms with E-state index < -0.39 is 0 Å². The largest absolute Gasteiger partial charge is 0.311 e. The second-order valence-electron chi connectivity index (χ2n) is 19.4. The van der Waals surface area contributed by atoms with Gasteiger partial charge in [-0.3, -0.25) is 0 Å². The molecular formula is C72H71N3. The van der Waals surface area contributed by atoms with E-state index >= 15 is 0 Å². The number of nitrogens with zero attached hydrogens (tertiary/aromatic N) is 3. The van der Waals surface area contributed by atoms with E-state index in [1.54, 1.807) is 0 Å².